The molecule has 42 heavy (non-hydrogen) atoms. The second kappa shape index (κ2) is 12.7. The van der Waals surface area contributed by atoms with Crippen molar-refractivity contribution in [1.29, 1.82) is 0 Å². The van der Waals surface area contributed by atoms with Gasteiger partial charge in [-0.05, 0) is 61.2 Å². The minimum Gasteiger partial charge on any atom is -0.495 e. The van der Waals surface area contributed by atoms with Crippen LogP contribution in [0.15, 0.2) is 77.7 Å². The van der Waals surface area contributed by atoms with Crippen LogP contribution in [0.4, 0.5) is 5.69 Å². The fourth-order valence-electron chi connectivity index (χ4n) is 6.47. The van der Waals surface area contributed by atoms with Crippen molar-refractivity contribution in [2.45, 2.75) is 50.4 Å². The first-order chi connectivity index (χ1) is 20.5. The molecule has 2 unspecified atom stereocenters. The molecule has 6 rings (SSSR count). The van der Waals surface area contributed by atoms with Gasteiger partial charge in [0.25, 0.3) is 11.8 Å². The number of ether oxygens (including phenoxy) is 1. The van der Waals surface area contributed by atoms with Gasteiger partial charge in [0, 0.05) is 49.6 Å². The lowest BCUT2D eigenvalue weighted by molar-refractivity contribution is -0.130. The Kier molecular flexibility index (Phi) is 8.56. The molecule has 2 amide bonds. The molecule has 0 spiro atoms. The standard InChI is InChI=1S/C35H39N3O3S/c1-25-8-7-9-27(22-25)24-38-30-11-4-6-13-32(30)42-33(35(38)40)23-26-14-16-28(17-15-26)34(39)37-20-18-36(19-21-37)29-10-3-5-12-31(29)41-2/h3,5,7-10,12,14-17,22-23,30,32H,4,6,11,13,18-21,24H2,1-2H3/b33-23+. The number of amides is 2. The van der Waals surface area contributed by atoms with Gasteiger partial charge in [-0.15, -0.1) is 11.8 Å². The van der Waals surface area contributed by atoms with Crippen LogP contribution < -0.4 is 9.64 Å². The van der Waals surface area contributed by atoms with E-state index >= 15 is 0 Å². The topological polar surface area (TPSA) is 53.1 Å². The van der Waals surface area contributed by atoms with Gasteiger partial charge < -0.3 is 19.4 Å². The highest BCUT2D eigenvalue weighted by atomic mass is 32.2. The number of thioether (sulfide) groups is 1. The largest absolute Gasteiger partial charge is 0.495 e. The summed E-state index contributed by atoms with van der Waals surface area (Å²) < 4.78 is 5.53. The third-order valence-electron chi connectivity index (χ3n) is 8.70. The highest BCUT2D eigenvalue weighted by Gasteiger charge is 2.40. The van der Waals surface area contributed by atoms with Crippen LogP contribution in [0.1, 0.15) is 52.7 Å². The molecule has 1 saturated carbocycles. The van der Waals surface area contributed by atoms with Crippen molar-refractivity contribution in [3.8, 4) is 5.75 Å². The monoisotopic (exact) mass is 581 g/mol. The number of hydrogen-bond acceptors (Lipinski definition) is 5. The van der Waals surface area contributed by atoms with E-state index in [-0.39, 0.29) is 17.9 Å². The first kappa shape index (κ1) is 28.4. The van der Waals surface area contributed by atoms with Crippen LogP contribution in [0, 0.1) is 6.92 Å². The molecule has 3 aromatic carbocycles. The van der Waals surface area contributed by atoms with E-state index in [2.05, 4.69) is 47.1 Å². The fourth-order valence-corrected chi connectivity index (χ4v) is 7.94. The van der Waals surface area contributed by atoms with Gasteiger partial charge in [-0.1, -0.05) is 66.9 Å². The molecule has 0 bridgehead atoms. The number of nitrogens with zero attached hydrogens (tertiary/aromatic N) is 3. The normalized spacial score (nSPS) is 21.8. The maximum Gasteiger partial charge on any atom is 0.260 e. The second-order valence-corrected chi connectivity index (χ2v) is 12.8. The third kappa shape index (κ3) is 6.07. The SMILES string of the molecule is COc1ccccc1N1CCN(C(=O)c2ccc(/C=C3/SC4CCCCC4N(Cc4cccc(C)c4)C3=O)cc2)CC1. The Bertz CT molecular complexity index is 1460. The van der Waals surface area contributed by atoms with Gasteiger partial charge in [-0.2, -0.15) is 0 Å². The quantitative estimate of drug-likeness (QED) is 0.316. The predicted octanol–water partition coefficient (Wildman–Crippen LogP) is 6.39. The maximum atomic E-state index is 13.8. The zero-order valence-electron chi connectivity index (χ0n) is 24.5. The summed E-state index contributed by atoms with van der Waals surface area (Å²) in [5, 5.41) is 0.433. The van der Waals surface area contributed by atoms with E-state index in [0.717, 1.165) is 47.8 Å². The van der Waals surface area contributed by atoms with E-state index in [9.17, 15) is 9.59 Å². The number of carbonyl (C=O) groups is 2. The number of carbonyl (C=O) groups excluding carboxylic acids is 2. The second-order valence-electron chi connectivity index (χ2n) is 11.5. The minimum absolute atomic E-state index is 0.0476. The molecule has 6 nitrogen and oxygen atoms in total. The Labute approximate surface area is 253 Å². The Balaban J connectivity index is 1.13. The van der Waals surface area contributed by atoms with Crippen LogP contribution in [-0.4, -0.2) is 66.2 Å². The lowest BCUT2D eigenvalue weighted by atomic mass is 9.92. The van der Waals surface area contributed by atoms with Crippen LogP contribution in [0.25, 0.3) is 6.08 Å². The van der Waals surface area contributed by atoms with E-state index in [4.69, 9.17) is 4.74 Å². The average Bonchev–Trinajstić information content (AvgIpc) is 3.03. The summed E-state index contributed by atoms with van der Waals surface area (Å²) in [4.78, 5) is 34.2. The first-order valence-electron chi connectivity index (χ1n) is 15.0. The average molecular weight is 582 g/mol. The lowest BCUT2D eigenvalue weighted by Crippen LogP contribution is -2.50. The van der Waals surface area contributed by atoms with Crippen LogP contribution in [-0.2, 0) is 11.3 Å². The number of fused-ring (bicyclic) bond motifs is 1. The van der Waals surface area contributed by atoms with Crippen molar-refractivity contribution >= 4 is 35.3 Å². The van der Waals surface area contributed by atoms with Gasteiger partial charge in [0.05, 0.1) is 17.7 Å². The van der Waals surface area contributed by atoms with Crippen molar-refractivity contribution in [3.05, 3.63) is 100.0 Å². The van der Waals surface area contributed by atoms with Gasteiger partial charge in [0.2, 0.25) is 0 Å². The molecule has 2 aliphatic heterocycles. The van der Waals surface area contributed by atoms with E-state index in [1.807, 2.05) is 53.4 Å². The molecule has 3 aromatic rings. The summed E-state index contributed by atoms with van der Waals surface area (Å²) >= 11 is 1.75. The molecule has 3 fully saturated rings. The lowest BCUT2D eigenvalue weighted by Gasteiger charge is -2.44. The molecule has 7 heteroatoms. The number of para-hydroxylation sites is 2. The summed E-state index contributed by atoms with van der Waals surface area (Å²) in [7, 11) is 1.69. The highest BCUT2D eigenvalue weighted by Crippen LogP contribution is 2.42. The molecule has 2 saturated heterocycles. The molecule has 0 aromatic heterocycles. The van der Waals surface area contributed by atoms with Crippen LogP contribution in [0.3, 0.4) is 0 Å². The van der Waals surface area contributed by atoms with E-state index < -0.39 is 0 Å². The molecular weight excluding hydrogens is 542 g/mol. The van der Waals surface area contributed by atoms with Gasteiger partial charge in [-0.25, -0.2) is 0 Å². The van der Waals surface area contributed by atoms with Crippen molar-refractivity contribution < 1.29 is 14.3 Å². The van der Waals surface area contributed by atoms with Crippen LogP contribution in [0.2, 0.25) is 0 Å². The summed E-state index contributed by atoms with van der Waals surface area (Å²) in [6, 6.07) is 24.5. The van der Waals surface area contributed by atoms with Gasteiger partial charge in [0.15, 0.2) is 0 Å². The van der Waals surface area contributed by atoms with E-state index in [1.165, 1.54) is 24.0 Å². The Morgan fingerprint density at radius 2 is 1.71 bits per heavy atom. The number of anilines is 1. The summed E-state index contributed by atoms with van der Waals surface area (Å²) in [5.41, 5.74) is 5.10. The number of methoxy groups -OCH3 is 1. The molecule has 0 radical (unpaired) electrons. The summed E-state index contributed by atoms with van der Waals surface area (Å²) in [5.74, 6) is 1.03. The molecule has 0 N–H and O–H groups in total. The number of rotatable bonds is 6. The van der Waals surface area contributed by atoms with Crippen molar-refractivity contribution in [3.63, 3.8) is 0 Å². The molecular formula is C35H39N3O3S. The number of hydrogen-bond donors (Lipinski definition) is 0. The van der Waals surface area contributed by atoms with Crippen molar-refractivity contribution in [2.75, 3.05) is 38.2 Å². The van der Waals surface area contributed by atoms with E-state index in [0.29, 0.717) is 30.4 Å². The number of piperazine rings is 1. The zero-order chi connectivity index (χ0) is 29.1. The Morgan fingerprint density at radius 3 is 2.48 bits per heavy atom. The maximum absolute atomic E-state index is 13.8. The summed E-state index contributed by atoms with van der Waals surface area (Å²) in [6.07, 6.45) is 6.64. The minimum atomic E-state index is 0.0476. The number of aryl methyl sites for hydroxylation is 1. The van der Waals surface area contributed by atoms with Crippen LogP contribution >= 0.6 is 11.8 Å². The highest BCUT2D eigenvalue weighted by molar-refractivity contribution is 8.04. The number of benzene rings is 3. The van der Waals surface area contributed by atoms with Gasteiger partial charge >= 0.3 is 0 Å². The van der Waals surface area contributed by atoms with Gasteiger partial charge in [0.1, 0.15) is 5.75 Å². The molecule has 2 atom stereocenters. The van der Waals surface area contributed by atoms with Crippen molar-refractivity contribution in [2.24, 2.45) is 0 Å². The molecule has 1 aliphatic carbocycles. The Morgan fingerprint density at radius 1 is 0.952 bits per heavy atom. The molecule has 3 aliphatic rings. The Hall–Kier alpha value is -3.71. The zero-order valence-corrected chi connectivity index (χ0v) is 25.3. The van der Waals surface area contributed by atoms with Gasteiger partial charge in [-0.3, -0.25) is 9.59 Å². The molecule has 2 heterocycles. The first-order valence-corrected chi connectivity index (χ1v) is 15.9. The van der Waals surface area contributed by atoms with E-state index in [1.54, 1.807) is 18.9 Å². The third-order valence-corrected chi connectivity index (χ3v) is 10.1. The fraction of sp³-hybridized carbons (Fsp3) is 0.371. The van der Waals surface area contributed by atoms with Crippen molar-refractivity contribution in [1.82, 2.24) is 9.80 Å². The molecule has 218 valence electrons. The van der Waals surface area contributed by atoms with Crippen LogP contribution in [0.5, 0.6) is 5.75 Å². The predicted molar refractivity (Wildman–Crippen MR) is 171 cm³/mol. The smallest absolute Gasteiger partial charge is 0.260 e. The summed E-state index contributed by atoms with van der Waals surface area (Å²) in [6.45, 7) is 5.59.